The Morgan fingerprint density at radius 3 is 2.93 bits per heavy atom. The molecule has 1 aromatic rings. The fourth-order valence-electron chi connectivity index (χ4n) is 1.02. The molecule has 0 fully saturated rings. The number of nitrogens with one attached hydrogen (secondary N) is 1. The molecule has 4 heteroatoms. The van der Waals surface area contributed by atoms with Crippen LogP contribution in [0.1, 0.15) is 6.92 Å². The topological polar surface area (TPSA) is 45.0 Å². The first kappa shape index (κ1) is 10.3. The molecule has 0 saturated carbocycles. The number of nitriles is 1. The summed E-state index contributed by atoms with van der Waals surface area (Å²) in [4.78, 5) is 0. The lowest BCUT2D eigenvalue weighted by atomic mass is 10.3. The quantitative estimate of drug-likeness (QED) is 0.747. The minimum absolute atomic E-state index is 0.160. The number of benzene rings is 1. The van der Waals surface area contributed by atoms with Crippen LogP contribution < -0.4 is 10.1 Å². The summed E-state index contributed by atoms with van der Waals surface area (Å²) in [7, 11) is 0. The summed E-state index contributed by atoms with van der Waals surface area (Å²) in [5.41, 5.74) is 0.576. The zero-order chi connectivity index (χ0) is 10.4. The van der Waals surface area contributed by atoms with Crippen molar-refractivity contribution in [2.45, 2.75) is 6.92 Å². The zero-order valence-corrected chi connectivity index (χ0v) is 7.88. The minimum Gasteiger partial charge on any atom is -0.491 e. The second-order valence-corrected chi connectivity index (χ2v) is 2.59. The summed E-state index contributed by atoms with van der Waals surface area (Å²) in [5, 5.41) is 11.1. The van der Waals surface area contributed by atoms with E-state index in [-0.39, 0.29) is 12.3 Å². The third-order valence-corrected chi connectivity index (χ3v) is 1.60. The van der Waals surface area contributed by atoms with Crippen LogP contribution in [-0.4, -0.2) is 13.2 Å². The smallest absolute Gasteiger partial charge is 0.167 e. The van der Waals surface area contributed by atoms with Crippen LogP contribution in [0.25, 0.3) is 0 Å². The van der Waals surface area contributed by atoms with Gasteiger partial charge in [0.25, 0.3) is 0 Å². The van der Waals surface area contributed by atoms with Gasteiger partial charge in [0.05, 0.1) is 12.7 Å². The van der Waals surface area contributed by atoms with Crippen LogP contribution in [0.2, 0.25) is 0 Å². The Morgan fingerprint density at radius 2 is 2.36 bits per heavy atom. The van der Waals surface area contributed by atoms with Gasteiger partial charge in [-0.05, 0) is 19.1 Å². The lowest BCUT2D eigenvalue weighted by Crippen LogP contribution is -2.00. The number of ether oxygens (including phenoxy) is 1. The van der Waals surface area contributed by atoms with Gasteiger partial charge >= 0.3 is 0 Å². The number of anilines is 1. The fraction of sp³-hybridized carbons (Fsp3) is 0.300. The average molecular weight is 194 g/mol. The molecule has 0 bridgehead atoms. The zero-order valence-electron chi connectivity index (χ0n) is 7.88. The van der Waals surface area contributed by atoms with Crippen LogP contribution in [0.5, 0.6) is 5.75 Å². The largest absolute Gasteiger partial charge is 0.491 e. The maximum Gasteiger partial charge on any atom is 0.167 e. The Kier molecular flexibility index (Phi) is 3.74. The molecule has 0 aliphatic heterocycles. The van der Waals surface area contributed by atoms with E-state index in [1.807, 2.05) is 6.07 Å². The van der Waals surface area contributed by atoms with Crippen LogP contribution in [0.4, 0.5) is 10.1 Å². The van der Waals surface area contributed by atoms with E-state index in [0.29, 0.717) is 12.3 Å². The molecular weight excluding hydrogens is 183 g/mol. The van der Waals surface area contributed by atoms with Gasteiger partial charge in [0.2, 0.25) is 0 Å². The second-order valence-electron chi connectivity index (χ2n) is 2.59. The van der Waals surface area contributed by atoms with Crippen molar-refractivity contribution in [1.29, 1.82) is 5.26 Å². The second kappa shape index (κ2) is 5.07. The number of nitrogens with zero attached hydrogens (tertiary/aromatic N) is 1. The van der Waals surface area contributed by atoms with E-state index in [0.717, 1.165) is 0 Å². The molecule has 0 unspecified atom stereocenters. The summed E-state index contributed by atoms with van der Waals surface area (Å²) >= 11 is 0. The van der Waals surface area contributed by atoms with Gasteiger partial charge in [-0.25, -0.2) is 4.39 Å². The molecule has 0 heterocycles. The van der Waals surface area contributed by atoms with Gasteiger partial charge in [-0.3, -0.25) is 0 Å². The number of rotatable bonds is 4. The molecule has 0 amide bonds. The van der Waals surface area contributed by atoms with Crippen molar-refractivity contribution in [1.82, 2.24) is 0 Å². The summed E-state index contributed by atoms with van der Waals surface area (Å²) in [5.74, 6) is -0.190. The molecule has 0 aliphatic rings. The molecule has 3 nitrogen and oxygen atoms in total. The Hall–Kier alpha value is -1.76. The summed E-state index contributed by atoms with van der Waals surface area (Å²) < 4.78 is 18.2. The highest BCUT2D eigenvalue weighted by atomic mass is 19.1. The van der Waals surface area contributed by atoms with E-state index in [4.69, 9.17) is 10.00 Å². The average Bonchev–Trinajstić information content (AvgIpc) is 2.19. The van der Waals surface area contributed by atoms with Crippen LogP contribution in [0.15, 0.2) is 18.2 Å². The minimum atomic E-state index is -0.421. The molecule has 1 N–H and O–H groups in total. The lowest BCUT2D eigenvalue weighted by Gasteiger charge is -2.06. The van der Waals surface area contributed by atoms with E-state index in [9.17, 15) is 4.39 Å². The fourth-order valence-corrected chi connectivity index (χ4v) is 1.02. The summed E-state index contributed by atoms with van der Waals surface area (Å²) in [6.45, 7) is 2.39. The molecule has 14 heavy (non-hydrogen) atoms. The van der Waals surface area contributed by atoms with Gasteiger partial charge in [0, 0.05) is 11.8 Å². The van der Waals surface area contributed by atoms with E-state index in [1.165, 1.54) is 6.07 Å². The molecule has 1 aromatic carbocycles. The molecule has 74 valence electrons. The van der Waals surface area contributed by atoms with Gasteiger partial charge in [-0.1, -0.05) is 0 Å². The maximum absolute atomic E-state index is 13.2. The number of hydrogen-bond acceptors (Lipinski definition) is 3. The van der Waals surface area contributed by atoms with Gasteiger partial charge in [-0.15, -0.1) is 0 Å². The predicted octanol–water partition coefficient (Wildman–Crippen LogP) is 2.16. The van der Waals surface area contributed by atoms with Gasteiger partial charge in [-0.2, -0.15) is 5.26 Å². The Labute approximate surface area is 82.1 Å². The van der Waals surface area contributed by atoms with Crippen molar-refractivity contribution < 1.29 is 9.13 Å². The van der Waals surface area contributed by atoms with E-state index in [1.54, 1.807) is 19.1 Å². The van der Waals surface area contributed by atoms with Gasteiger partial charge in [0.15, 0.2) is 11.6 Å². The molecule has 1 rings (SSSR count). The Morgan fingerprint density at radius 1 is 1.57 bits per heavy atom. The number of hydrogen-bond donors (Lipinski definition) is 1. The molecule has 0 spiro atoms. The first-order valence-corrected chi connectivity index (χ1v) is 4.31. The monoisotopic (exact) mass is 194 g/mol. The van der Waals surface area contributed by atoms with E-state index >= 15 is 0 Å². The molecule has 0 saturated heterocycles. The van der Waals surface area contributed by atoms with Crippen molar-refractivity contribution in [2.75, 3.05) is 18.5 Å². The van der Waals surface area contributed by atoms with E-state index < -0.39 is 5.82 Å². The third-order valence-electron chi connectivity index (χ3n) is 1.60. The molecule has 0 radical (unpaired) electrons. The highest BCUT2D eigenvalue weighted by Gasteiger charge is 2.03. The van der Waals surface area contributed by atoms with Crippen LogP contribution in [0, 0.1) is 17.1 Å². The predicted molar refractivity (Wildman–Crippen MR) is 51.7 cm³/mol. The van der Waals surface area contributed by atoms with Crippen molar-refractivity contribution in [3.63, 3.8) is 0 Å². The highest BCUT2D eigenvalue weighted by Crippen LogP contribution is 2.20. The normalized spacial score (nSPS) is 9.21. The molecule has 0 aliphatic carbocycles. The van der Waals surface area contributed by atoms with Crippen molar-refractivity contribution in [2.24, 2.45) is 0 Å². The SMILES string of the molecule is CCOc1ccc(NCC#N)cc1F. The number of halogens is 1. The van der Waals surface area contributed by atoms with E-state index in [2.05, 4.69) is 5.32 Å². The molecular formula is C10H11FN2O. The van der Waals surface area contributed by atoms with Gasteiger partial charge in [0.1, 0.15) is 6.54 Å². The van der Waals surface area contributed by atoms with Crippen molar-refractivity contribution in [3.8, 4) is 11.8 Å². The summed E-state index contributed by atoms with van der Waals surface area (Å²) in [6.07, 6.45) is 0. The molecule has 0 aromatic heterocycles. The third kappa shape index (κ3) is 2.63. The summed E-state index contributed by atoms with van der Waals surface area (Å²) in [6, 6.07) is 6.43. The molecule has 0 atom stereocenters. The first-order chi connectivity index (χ1) is 6.77. The Bertz CT molecular complexity index is 346. The maximum atomic E-state index is 13.2. The standard InChI is InChI=1S/C10H11FN2O/c1-2-14-10-4-3-8(7-9(10)11)13-6-5-12/h3-4,7,13H,2,6H2,1H3. The van der Waals surface area contributed by atoms with Crippen LogP contribution in [-0.2, 0) is 0 Å². The highest BCUT2D eigenvalue weighted by molar-refractivity contribution is 5.47. The van der Waals surface area contributed by atoms with Crippen molar-refractivity contribution in [3.05, 3.63) is 24.0 Å². The van der Waals surface area contributed by atoms with Gasteiger partial charge < -0.3 is 10.1 Å². The van der Waals surface area contributed by atoms with Crippen molar-refractivity contribution >= 4 is 5.69 Å². The Balaban J connectivity index is 2.74. The lowest BCUT2D eigenvalue weighted by molar-refractivity contribution is 0.321. The van der Waals surface area contributed by atoms with Crippen LogP contribution >= 0.6 is 0 Å². The first-order valence-electron chi connectivity index (χ1n) is 4.31. The van der Waals surface area contributed by atoms with Crippen LogP contribution in [0.3, 0.4) is 0 Å².